The Morgan fingerprint density at radius 1 is 1.28 bits per heavy atom. The van der Waals surface area contributed by atoms with E-state index in [1.165, 1.54) is 13.4 Å². The number of methoxy groups -OCH3 is 1. The smallest absolute Gasteiger partial charge is 0.307 e. The number of rotatable bonds is 5. The number of esters is 1. The zero-order valence-corrected chi connectivity index (χ0v) is 14.1. The molecule has 1 atom stereocenters. The molecule has 0 bridgehead atoms. The van der Waals surface area contributed by atoms with E-state index in [2.05, 4.69) is 15.5 Å². The second-order valence-electron chi connectivity index (χ2n) is 5.34. The maximum atomic E-state index is 12.6. The molecule has 1 N–H and O–H groups in total. The van der Waals surface area contributed by atoms with Crippen molar-refractivity contribution in [2.24, 2.45) is 0 Å². The number of hydrogen-bond donors (Lipinski definition) is 1. The molecule has 0 aliphatic heterocycles. The fourth-order valence-electron chi connectivity index (χ4n) is 2.45. The van der Waals surface area contributed by atoms with E-state index in [0.29, 0.717) is 21.8 Å². The van der Waals surface area contributed by atoms with Crippen LogP contribution in [0.4, 0.5) is 0 Å². The van der Waals surface area contributed by atoms with Gasteiger partial charge in [0.15, 0.2) is 5.65 Å². The van der Waals surface area contributed by atoms with E-state index >= 15 is 0 Å². The Morgan fingerprint density at radius 3 is 2.84 bits per heavy atom. The third-order valence-electron chi connectivity index (χ3n) is 3.74. The summed E-state index contributed by atoms with van der Waals surface area (Å²) in [4.78, 5) is 24.3. The number of ether oxygens (including phenoxy) is 1. The average Bonchev–Trinajstić information content (AvgIpc) is 3.09. The van der Waals surface area contributed by atoms with Crippen LogP contribution in [-0.2, 0) is 9.53 Å². The van der Waals surface area contributed by atoms with Crippen LogP contribution in [0, 0.1) is 0 Å². The zero-order chi connectivity index (χ0) is 17.8. The highest BCUT2D eigenvalue weighted by molar-refractivity contribution is 6.31. The highest BCUT2D eigenvalue weighted by atomic mass is 35.5. The predicted molar refractivity (Wildman–Crippen MR) is 91.3 cm³/mol. The molecule has 3 rings (SSSR count). The van der Waals surface area contributed by atoms with Crippen molar-refractivity contribution in [1.82, 2.24) is 19.9 Å². The molecule has 1 unspecified atom stereocenters. The molecule has 25 heavy (non-hydrogen) atoms. The van der Waals surface area contributed by atoms with Crippen LogP contribution < -0.4 is 5.32 Å². The molecule has 0 saturated carbocycles. The van der Waals surface area contributed by atoms with Gasteiger partial charge in [0.2, 0.25) is 0 Å². The van der Waals surface area contributed by atoms with Crippen LogP contribution >= 0.6 is 11.6 Å². The van der Waals surface area contributed by atoms with E-state index in [-0.39, 0.29) is 12.3 Å². The lowest BCUT2D eigenvalue weighted by Gasteiger charge is -2.19. The number of halogens is 1. The number of nitrogens with one attached hydrogen (secondary N) is 1. The molecule has 0 spiro atoms. The Balaban J connectivity index is 1.87. The minimum absolute atomic E-state index is 0.0269. The van der Waals surface area contributed by atoms with Crippen LogP contribution in [0.2, 0.25) is 5.02 Å². The molecule has 128 valence electrons. The Kier molecular flexibility index (Phi) is 4.95. The number of aromatic nitrogens is 3. The SMILES string of the molecule is COC(=O)CC(NC(=O)c1ccc2nncn2c1)c1ccccc1Cl. The molecule has 0 radical (unpaired) electrons. The molecule has 1 aromatic carbocycles. The number of fused-ring (bicyclic) bond motifs is 1. The molecule has 0 aliphatic carbocycles. The first-order chi connectivity index (χ1) is 12.1. The van der Waals surface area contributed by atoms with Gasteiger partial charge in [-0.1, -0.05) is 29.8 Å². The molecular formula is C17H15ClN4O3. The normalized spacial score (nSPS) is 11.9. The molecule has 0 saturated heterocycles. The van der Waals surface area contributed by atoms with Crippen molar-refractivity contribution in [2.75, 3.05) is 7.11 Å². The largest absolute Gasteiger partial charge is 0.469 e. The number of pyridine rings is 1. The van der Waals surface area contributed by atoms with Gasteiger partial charge in [0, 0.05) is 11.2 Å². The lowest BCUT2D eigenvalue weighted by atomic mass is 10.0. The molecule has 2 heterocycles. The van der Waals surface area contributed by atoms with Crippen molar-refractivity contribution >= 4 is 29.1 Å². The van der Waals surface area contributed by atoms with E-state index in [1.807, 2.05) is 0 Å². The van der Waals surface area contributed by atoms with E-state index in [0.717, 1.165) is 0 Å². The van der Waals surface area contributed by atoms with Gasteiger partial charge < -0.3 is 10.1 Å². The maximum Gasteiger partial charge on any atom is 0.307 e. The number of amides is 1. The standard InChI is InChI=1S/C17H15ClN4O3/c1-25-16(23)8-14(12-4-2-3-5-13(12)18)20-17(24)11-6-7-15-21-19-10-22(15)9-11/h2-7,9-10,14H,8H2,1H3,(H,20,24). The monoisotopic (exact) mass is 358 g/mol. The van der Waals surface area contributed by atoms with Gasteiger partial charge in [-0.15, -0.1) is 10.2 Å². The molecule has 0 aliphatic rings. The first-order valence-electron chi connectivity index (χ1n) is 7.50. The van der Waals surface area contributed by atoms with Gasteiger partial charge in [0.05, 0.1) is 25.1 Å². The number of carbonyl (C=O) groups is 2. The Bertz CT molecular complexity index is 925. The average molecular weight is 359 g/mol. The Hall–Kier alpha value is -2.93. The van der Waals surface area contributed by atoms with Gasteiger partial charge >= 0.3 is 5.97 Å². The van der Waals surface area contributed by atoms with E-state index < -0.39 is 12.0 Å². The first-order valence-corrected chi connectivity index (χ1v) is 7.88. The molecule has 1 amide bonds. The lowest BCUT2D eigenvalue weighted by Crippen LogP contribution is -2.30. The summed E-state index contributed by atoms with van der Waals surface area (Å²) in [6, 6.07) is 9.76. The fourth-order valence-corrected chi connectivity index (χ4v) is 2.72. The van der Waals surface area contributed by atoms with E-state index in [4.69, 9.17) is 16.3 Å². The van der Waals surface area contributed by atoms with Gasteiger partial charge in [-0.25, -0.2) is 0 Å². The summed E-state index contributed by atoms with van der Waals surface area (Å²) < 4.78 is 6.36. The van der Waals surface area contributed by atoms with Crippen LogP contribution in [-0.4, -0.2) is 33.6 Å². The van der Waals surface area contributed by atoms with E-state index in [9.17, 15) is 9.59 Å². The van der Waals surface area contributed by atoms with Crippen LogP contribution in [0.5, 0.6) is 0 Å². The predicted octanol–water partition coefficient (Wildman–Crippen LogP) is 2.42. The van der Waals surface area contributed by atoms with E-state index in [1.54, 1.807) is 47.0 Å². The van der Waals surface area contributed by atoms with Crippen LogP contribution in [0.3, 0.4) is 0 Å². The van der Waals surface area contributed by atoms with Crippen LogP contribution in [0.1, 0.15) is 28.4 Å². The first kappa shape index (κ1) is 16.9. The van der Waals surface area contributed by atoms with Gasteiger partial charge in [0.1, 0.15) is 6.33 Å². The molecule has 2 aromatic heterocycles. The number of hydrogen-bond acceptors (Lipinski definition) is 5. The Morgan fingerprint density at radius 2 is 2.08 bits per heavy atom. The van der Waals surface area contributed by atoms with Gasteiger partial charge in [-0.05, 0) is 23.8 Å². The van der Waals surface area contributed by atoms with Crippen molar-refractivity contribution in [1.29, 1.82) is 0 Å². The summed E-state index contributed by atoms with van der Waals surface area (Å²) in [6.07, 6.45) is 3.10. The summed E-state index contributed by atoms with van der Waals surface area (Å²) in [6.45, 7) is 0. The summed E-state index contributed by atoms with van der Waals surface area (Å²) >= 11 is 6.21. The summed E-state index contributed by atoms with van der Waals surface area (Å²) in [7, 11) is 1.30. The van der Waals surface area contributed by atoms with Crippen molar-refractivity contribution < 1.29 is 14.3 Å². The summed E-state index contributed by atoms with van der Waals surface area (Å²) in [5, 5.41) is 11.0. The molecule has 8 heteroatoms. The van der Waals surface area contributed by atoms with Crippen molar-refractivity contribution in [3.05, 3.63) is 65.1 Å². The summed E-state index contributed by atoms with van der Waals surface area (Å²) in [5.74, 6) is -0.788. The van der Waals surface area contributed by atoms with Gasteiger partial charge in [-0.2, -0.15) is 0 Å². The second kappa shape index (κ2) is 7.31. The number of carbonyl (C=O) groups excluding carboxylic acids is 2. The Labute approximate surface area is 148 Å². The van der Waals surface area contributed by atoms with Crippen LogP contribution in [0.25, 0.3) is 5.65 Å². The third-order valence-corrected chi connectivity index (χ3v) is 4.08. The second-order valence-corrected chi connectivity index (χ2v) is 5.75. The van der Waals surface area contributed by atoms with Gasteiger partial charge in [-0.3, -0.25) is 14.0 Å². The summed E-state index contributed by atoms with van der Waals surface area (Å²) in [5.41, 5.74) is 1.69. The third kappa shape index (κ3) is 3.77. The van der Waals surface area contributed by atoms with Crippen molar-refractivity contribution in [3.63, 3.8) is 0 Å². The highest BCUT2D eigenvalue weighted by Crippen LogP contribution is 2.25. The molecule has 3 aromatic rings. The van der Waals surface area contributed by atoms with Crippen molar-refractivity contribution in [2.45, 2.75) is 12.5 Å². The topological polar surface area (TPSA) is 85.6 Å². The minimum Gasteiger partial charge on any atom is -0.469 e. The highest BCUT2D eigenvalue weighted by Gasteiger charge is 2.22. The van der Waals surface area contributed by atoms with Gasteiger partial charge in [0.25, 0.3) is 5.91 Å². The lowest BCUT2D eigenvalue weighted by molar-refractivity contribution is -0.141. The number of nitrogens with zero attached hydrogens (tertiary/aromatic N) is 3. The quantitative estimate of drug-likeness (QED) is 0.708. The molecule has 0 fully saturated rings. The molecular weight excluding hydrogens is 344 g/mol. The maximum absolute atomic E-state index is 12.6. The van der Waals surface area contributed by atoms with Crippen molar-refractivity contribution in [3.8, 4) is 0 Å². The molecule has 7 nitrogen and oxygen atoms in total. The zero-order valence-electron chi connectivity index (χ0n) is 13.3. The fraction of sp³-hybridized carbons (Fsp3) is 0.176. The minimum atomic E-state index is -0.606. The van der Waals surface area contributed by atoms with Crippen LogP contribution in [0.15, 0.2) is 48.9 Å². The number of benzene rings is 1.